The van der Waals surface area contributed by atoms with Crippen LogP contribution in [0.5, 0.6) is 0 Å². The highest BCUT2D eigenvalue weighted by molar-refractivity contribution is 7.22. The third kappa shape index (κ3) is 6.20. The first-order chi connectivity index (χ1) is 17.3. The number of nitrogens with zero attached hydrogens (tertiary/aromatic N) is 5. The van der Waals surface area contributed by atoms with E-state index in [1.807, 2.05) is 24.8 Å². The van der Waals surface area contributed by atoms with Gasteiger partial charge in [-0.15, -0.1) is 12.4 Å². The highest BCUT2D eigenvalue weighted by Crippen LogP contribution is 2.34. The molecular weight excluding hydrogens is 514 g/mol. The summed E-state index contributed by atoms with van der Waals surface area (Å²) < 4.78 is 6.40. The van der Waals surface area contributed by atoms with Crippen LogP contribution in [0.15, 0.2) is 30.3 Å². The number of fused-ring (bicyclic) bond motifs is 1. The second-order valence-electron chi connectivity index (χ2n) is 8.89. The first-order valence-electron chi connectivity index (χ1n) is 12.4. The lowest BCUT2D eigenvalue weighted by molar-refractivity contribution is -0.384. The number of likely N-dealkylation sites (N-methyl/N-ethyl adjacent to an activating group) is 1. The van der Waals surface area contributed by atoms with Crippen LogP contribution >= 0.6 is 23.7 Å². The Bertz CT molecular complexity index is 1260. The van der Waals surface area contributed by atoms with E-state index in [0.717, 1.165) is 34.4 Å². The number of rotatable bonds is 9. The topological polar surface area (TPSA) is 92.0 Å². The molecular formula is C26H34ClN5O4S. The lowest BCUT2D eigenvalue weighted by atomic mass is 10.1. The number of amides is 1. The Morgan fingerprint density at radius 1 is 1.14 bits per heavy atom. The number of morpholine rings is 1. The van der Waals surface area contributed by atoms with Gasteiger partial charge >= 0.3 is 0 Å². The Labute approximate surface area is 227 Å². The molecule has 0 spiro atoms. The van der Waals surface area contributed by atoms with Crippen molar-refractivity contribution in [2.45, 2.75) is 27.7 Å². The molecule has 0 bridgehead atoms. The van der Waals surface area contributed by atoms with Gasteiger partial charge in [0, 0.05) is 37.8 Å². The van der Waals surface area contributed by atoms with Gasteiger partial charge in [-0.1, -0.05) is 31.3 Å². The van der Waals surface area contributed by atoms with E-state index in [0.29, 0.717) is 50.2 Å². The molecule has 0 radical (unpaired) electrons. The number of hydrogen-bond donors (Lipinski definition) is 0. The number of carbonyl (C=O) groups excluding carboxylic acids is 1. The summed E-state index contributed by atoms with van der Waals surface area (Å²) in [4.78, 5) is 36.1. The summed E-state index contributed by atoms with van der Waals surface area (Å²) in [5.41, 5.74) is 3.86. The molecule has 0 unspecified atom stereocenters. The molecule has 1 saturated heterocycles. The van der Waals surface area contributed by atoms with E-state index in [9.17, 15) is 14.9 Å². The van der Waals surface area contributed by atoms with Gasteiger partial charge in [-0.3, -0.25) is 19.8 Å². The lowest BCUT2D eigenvalue weighted by Gasteiger charge is -2.29. The van der Waals surface area contributed by atoms with Crippen LogP contribution in [0.25, 0.3) is 10.2 Å². The van der Waals surface area contributed by atoms with Crippen molar-refractivity contribution in [1.29, 1.82) is 0 Å². The molecule has 37 heavy (non-hydrogen) atoms. The minimum atomic E-state index is -0.411. The molecule has 0 atom stereocenters. The van der Waals surface area contributed by atoms with E-state index >= 15 is 0 Å². The van der Waals surface area contributed by atoms with Crippen molar-refractivity contribution in [1.82, 2.24) is 9.88 Å². The first kappa shape index (κ1) is 28.8. The van der Waals surface area contributed by atoms with Crippen LogP contribution in [0.4, 0.5) is 16.5 Å². The van der Waals surface area contributed by atoms with Gasteiger partial charge in [-0.2, -0.15) is 0 Å². The number of thiazole rings is 1. The second kappa shape index (κ2) is 12.6. The Morgan fingerprint density at radius 2 is 1.84 bits per heavy atom. The zero-order valence-electron chi connectivity index (χ0n) is 21.7. The number of nitro groups is 1. The SMILES string of the molecule is CCN(CC)CCN(C(=O)c1ccc(N2CCOCC2)c([N+](=O)[O-])c1)c1nc2c(C)c(C)ccc2s1.Cl. The molecule has 1 aromatic heterocycles. The summed E-state index contributed by atoms with van der Waals surface area (Å²) >= 11 is 1.47. The Hall–Kier alpha value is -2.79. The quantitative estimate of drug-likeness (QED) is 0.273. The highest BCUT2D eigenvalue weighted by Gasteiger charge is 2.27. The van der Waals surface area contributed by atoms with Gasteiger partial charge in [-0.05, 0) is 56.3 Å². The third-order valence-corrected chi connectivity index (χ3v) is 7.90. The van der Waals surface area contributed by atoms with Crippen LogP contribution in [-0.4, -0.2) is 73.2 Å². The number of nitro benzene ring substituents is 1. The van der Waals surface area contributed by atoms with Gasteiger partial charge in [0.25, 0.3) is 11.6 Å². The zero-order chi connectivity index (χ0) is 25.8. The maximum atomic E-state index is 13.8. The average molecular weight is 548 g/mol. The predicted octanol–water partition coefficient (Wildman–Crippen LogP) is 5.07. The van der Waals surface area contributed by atoms with Crippen molar-refractivity contribution in [3.63, 3.8) is 0 Å². The van der Waals surface area contributed by atoms with Crippen molar-refractivity contribution in [3.05, 3.63) is 57.1 Å². The molecule has 1 amide bonds. The van der Waals surface area contributed by atoms with Crippen molar-refractivity contribution >= 4 is 56.4 Å². The summed E-state index contributed by atoms with van der Waals surface area (Å²) in [6, 6.07) is 8.88. The van der Waals surface area contributed by atoms with Gasteiger partial charge in [0.05, 0.1) is 28.4 Å². The Morgan fingerprint density at radius 3 is 2.49 bits per heavy atom. The summed E-state index contributed by atoms with van der Waals surface area (Å²) in [6.45, 7) is 13.3. The van der Waals surface area contributed by atoms with Crippen LogP contribution in [0, 0.1) is 24.0 Å². The fourth-order valence-corrected chi connectivity index (χ4v) is 5.47. The number of hydrogen-bond acceptors (Lipinski definition) is 8. The van der Waals surface area contributed by atoms with Crippen molar-refractivity contribution < 1.29 is 14.5 Å². The number of anilines is 2. The molecule has 1 aliphatic heterocycles. The number of aromatic nitrogens is 1. The van der Waals surface area contributed by atoms with Crippen LogP contribution in [0.3, 0.4) is 0 Å². The van der Waals surface area contributed by atoms with E-state index in [4.69, 9.17) is 9.72 Å². The third-order valence-electron chi connectivity index (χ3n) is 6.85. The van der Waals surface area contributed by atoms with Crippen molar-refractivity contribution in [3.8, 4) is 0 Å². The Kier molecular flexibility index (Phi) is 9.83. The van der Waals surface area contributed by atoms with Gasteiger partial charge in [0.1, 0.15) is 5.69 Å². The summed E-state index contributed by atoms with van der Waals surface area (Å²) in [6.07, 6.45) is 0. The molecule has 0 N–H and O–H groups in total. The number of benzene rings is 2. The van der Waals surface area contributed by atoms with E-state index in [-0.39, 0.29) is 29.6 Å². The van der Waals surface area contributed by atoms with E-state index in [1.54, 1.807) is 17.0 Å². The lowest BCUT2D eigenvalue weighted by Crippen LogP contribution is -2.39. The number of ether oxygens (including phenoxy) is 1. The molecule has 0 aliphatic carbocycles. The van der Waals surface area contributed by atoms with Gasteiger partial charge in [0.15, 0.2) is 5.13 Å². The van der Waals surface area contributed by atoms with E-state index in [1.165, 1.54) is 17.4 Å². The summed E-state index contributed by atoms with van der Waals surface area (Å²) in [5.74, 6) is -0.285. The van der Waals surface area contributed by atoms with Crippen LogP contribution in [0.1, 0.15) is 35.3 Å². The molecule has 9 nitrogen and oxygen atoms in total. The first-order valence-corrected chi connectivity index (χ1v) is 13.2. The fourth-order valence-electron chi connectivity index (χ4n) is 4.43. The number of carbonyl (C=O) groups is 1. The molecule has 2 aromatic carbocycles. The molecule has 11 heteroatoms. The predicted molar refractivity (Wildman–Crippen MR) is 152 cm³/mol. The second-order valence-corrected chi connectivity index (χ2v) is 9.90. The number of halogens is 1. The Balaban J connectivity index is 0.00000380. The van der Waals surface area contributed by atoms with Gasteiger partial charge in [0.2, 0.25) is 0 Å². The molecule has 2 heterocycles. The fraction of sp³-hybridized carbons (Fsp3) is 0.462. The standard InChI is InChI=1S/C26H33N5O4S.ClH/c1-5-28(6-2)11-12-30(26-27-24-19(4)18(3)7-10-23(24)36-26)25(32)20-8-9-21(22(17-20)31(33)34)29-13-15-35-16-14-29;/h7-10,17H,5-6,11-16H2,1-4H3;1H. The maximum absolute atomic E-state index is 13.8. The van der Waals surface area contributed by atoms with Gasteiger partial charge < -0.3 is 14.5 Å². The normalized spacial score (nSPS) is 13.6. The molecule has 0 saturated carbocycles. The van der Waals surface area contributed by atoms with Crippen molar-refractivity contribution in [2.24, 2.45) is 0 Å². The van der Waals surface area contributed by atoms with Gasteiger partial charge in [-0.25, -0.2) is 4.98 Å². The maximum Gasteiger partial charge on any atom is 0.293 e. The van der Waals surface area contributed by atoms with Crippen LogP contribution in [0.2, 0.25) is 0 Å². The summed E-state index contributed by atoms with van der Waals surface area (Å²) in [5, 5.41) is 12.6. The molecule has 3 aromatic rings. The van der Waals surface area contributed by atoms with E-state index in [2.05, 4.69) is 24.8 Å². The highest BCUT2D eigenvalue weighted by atomic mass is 35.5. The molecule has 4 rings (SSSR count). The zero-order valence-corrected chi connectivity index (χ0v) is 23.4. The molecule has 1 aliphatic rings. The van der Waals surface area contributed by atoms with Crippen LogP contribution < -0.4 is 9.80 Å². The van der Waals surface area contributed by atoms with Crippen molar-refractivity contribution in [2.75, 3.05) is 62.3 Å². The molecule has 1 fully saturated rings. The smallest absolute Gasteiger partial charge is 0.293 e. The minimum Gasteiger partial charge on any atom is -0.378 e. The van der Waals surface area contributed by atoms with Crippen LogP contribution in [-0.2, 0) is 4.74 Å². The minimum absolute atomic E-state index is 0. The largest absolute Gasteiger partial charge is 0.378 e. The number of aryl methyl sites for hydroxylation is 2. The molecule has 200 valence electrons. The monoisotopic (exact) mass is 547 g/mol. The van der Waals surface area contributed by atoms with E-state index < -0.39 is 4.92 Å². The average Bonchev–Trinajstić information content (AvgIpc) is 3.33. The summed E-state index contributed by atoms with van der Waals surface area (Å²) in [7, 11) is 0.